The van der Waals surface area contributed by atoms with Crippen LogP contribution in [-0.2, 0) is 24.3 Å². The Morgan fingerprint density at radius 3 is 2.50 bits per heavy atom. The molecule has 0 bridgehead atoms. The molecule has 1 aromatic heterocycles. The third-order valence-electron chi connectivity index (χ3n) is 4.62. The van der Waals surface area contributed by atoms with Gasteiger partial charge >= 0.3 is 0 Å². The van der Waals surface area contributed by atoms with E-state index in [2.05, 4.69) is 27.7 Å². The van der Waals surface area contributed by atoms with Gasteiger partial charge in [0.1, 0.15) is 5.75 Å². The van der Waals surface area contributed by atoms with Crippen molar-refractivity contribution >= 4 is 16.7 Å². The minimum absolute atomic E-state index is 0.0605. The third-order valence-corrected chi connectivity index (χ3v) is 4.62. The smallest absolute Gasteiger partial charge is 0.258 e. The Morgan fingerprint density at radius 2 is 1.93 bits per heavy atom. The van der Waals surface area contributed by atoms with Crippen molar-refractivity contribution in [1.82, 2.24) is 4.57 Å². The zero-order valence-electron chi connectivity index (χ0n) is 17.5. The molecule has 1 heterocycles. The van der Waals surface area contributed by atoms with Crippen LogP contribution in [0.3, 0.4) is 0 Å². The maximum Gasteiger partial charge on any atom is 0.258 e. The van der Waals surface area contributed by atoms with Crippen molar-refractivity contribution in [2.24, 2.45) is 16.9 Å². The van der Waals surface area contributed by atoms with Crippen molar-refractivity contribution < 1.29 is 9.53 Å². The number of carbonyl (C=O) groups is 1. The fraction of sp³-hybridized carbons (Fsp3) is 0.545. The highest BCUT2D eigenvalue weighted by Gasteiger charge is 2.21. The standard InChI is InChI=1S/C22H33N3O3/c1-5-6-11-28-20-17-12-15(8-10-19(24)26)7-9-16(17)21(27)25(18(20)13-23)14-22(2,3)4/h7,9,12H,5-6,8,10-11,13-14,23H2,1-4H3,(H2,24,26). The summed E-state index contributed by atoms with van der Waals surface area (Å²) in [4.78, 5) is 24.4. The summed E-state index contributed by atoms with van der Waals surface area (Å²) >= 11 is 0. The van der Waals surface area contributed by atoms with E-state index in [1.165, 1.54) is 0 Å². The summed E-state index contributed by atoms with van der Waals surface area (Å²) in [6.07, 6.45) is 2.73. The highest BCUT2D eigenvalue weighted by molar-refractivity contribution is 5.89. The van der Waals surface area contributed by atoms with Gasteiger partial charge < -0.3 is 20.8 Å². The normalized spacial score (nSPS) is 11.8. The zero-order chi connectivity index (χ0) is 20.9. The minimum atomic E-state index is -0.345. The Labute approximate surface area is 166 Å². The first-order valence-corrected chi connectivity index (χ1v) is 9.97. The SMILES string of the molecule is CCCCOc1c(CN)n(CC(C)(C)C)c(=O)c2ccc(CCC(N)=O)cc12. The van der Waals surface area contributed by atoms with Gasteiger partial charge in [-0.05, 0) is 36.0 Å². The monoisotopic (exact) mass is 387 g/mol. The molecule has 2 aromatic rings. The van der Waals surface area contributed by atoms with Gasteiger partial charge in [0.2, 0.25) is 5.91 Å². The van der Waals surface area contributed by atoms with Gasteiger partial charge in [0.25, 0.3) is 5.56 Å². The Morgan fingerprint density at radius 1 is 1.21 bits per heavy atom. The lowest BCUT2D eigenvalue weighted by Crippen LogP contribution is -2.31. The van der Waals surface area contributed by atoms with E-state index in [1.54, 1.807) is 4.57 Å². The van der Waals surface area contributed by atoms with E-state index < -0.39 is 0 Å². The molecular formula is C22H33N3O3. The lowest BCUT2D eigenvalue weighted by Gasteiger charge is -2.25. The summed E-state index contributed by atoms with van der Waals surface area (Å²) in [6, 6.07) is 5.63. The molecule has 0 spiro atoms. The van der Waals surface area contributed by atoms with Crippen molar-refractivity contribution in [2.45, 2.75) is 66.5 Å². The average Bonchev–Trinajstić information content (AvgIpc) is 2.62. The van der Waals surface area contributed by atoms with Crippen LogP contribution in [0.4, 0.5) is 0 Å². The number of hydrogen-bond donors (Lipinski definition) is 2. The van der Waals surface area contributed by atoms with Gasteiger partial charge in [-0.15, -0.1) is 0 Å². The molecule has 0 aliphatic carbocycles. The van der Waals surface area contributed by atoms with Crippen molar-refractivity contribution in [3.8, 4) is 5.75 Å². The zero-order valence-corrected chi connectivity index (χ0v) is 17.5. The van der Waals surface area contributed by atoms with Gasteiger partial charge in [0.15, 0.2) is 0 Å². The second-order valence-electron chi connectivity index (χ2n) is 8.48. The Kier molecular flexibility index (Phi) is 7.24. The second-order valence-corrected chi connectivity index (χ2v) is 8.48. The summed E-state index contributed by atoms with van der Waals surface area (Å²) in [6.45, 7) is 9.72. The summed E-state index contributed by atoms with van der Waals surface area (Å²) in [5.41, 5.74) is 12.9. The molecule has 2 rings (SSSR count). The van der Waals surface area contributed by atoms with Gasteiger partial charge in [0, 0.05) is 24.9 Å². The molecule has 1 amide bonds. The fourth-order valence-electron chi connectivity index (χ4n) is 3.26. The number of ether oxygens (including phenoxy) is 1. The number of rotatable bonds is 9. The lowest BCUT2D eigenvalue weighted by molar-refractivity contribution is -0.117. The van der Waals surface area contributed by atoms with E-state index in [1.807, 2.05) is 18.2 Å². The number of unbranched alkanes of at least 4 members (excludes halogenated alkanes) is 1. The van der Waals surface area contributed by atoms with Crippen LogP contribution in [0, 0.1) is 5.41 Å². The fourth-order valence-corrected chi connectivity index (χ4v) is 3.26. The quantitative estimate of drug-likeness (QED) is 0.646. The number of hydrogen-bond acceptors (Lipinski definition) is 4. The number of nitrogens with two attached hydrogens (primary N) is 2. The molecule has 4 N–H and O–H groups in total. The average molecular weight is 388 g/mol. The molecule has 0 atom stereocenters. The Balaban J connectivity index is 2.68. The maximum absolute atomic E-state index is 13.2. The van der Waals surface area contributed by atoms with Gasteiger partial charge in [-0.2, -0.15) is 0 Å². The summed E-state index contributed by atoms with van der Waals surface area (Å²) in [5.74, 6) is 0.332. The number of aromatic nitrogens is 1. The number of benzene rings is 1. The number of fused-ring (bicyclic) bond motifs is 1. The van der Waals surface area contributed by atoms with E-state index in [-0.39, 0.29) is 29.8 Å². The molecule has 1 aromatic carbocycles. The van der Waals surface area contributed by atoms with E-state index >= 15 is 0 Å². The number of carbonyl (C=O) groups excluding carboxylic acids is 1. The number of aryl methyl sites for hydroxylation is 1. The molecule has 6 heteroatoms. The number of primary amides is 1. The van der Waals surface area contributed by atoms with Crippen LogP contribution in [0.15, 0.2) is 23.0 Å². The molecule has 6 nitrogen and oxygen atoms in total. The first-order valence-electron chi connectivity index (χ1n) is 9.97. The van der Waals surface area contributed by atoms with Gasteiger partial charge in [-0.25, -0.2) is 0 Å². The minimum Gasteiger partial charge on any atom is -0.491 e. The highest BCUT2D eigenvalue weighted by Crippen LogP contribution is 2.31. The first-order chi connectivity index (χ1) is 13.2. The van der Waals surface area contributed by atoms with Crippen LogP contribution in [-0.4, -0.2) is 17.1 Å². The van der Waals surface area contributed by atoms with Crippen LogP contribution < -0.4 is 21.8 Å². The van der Waals surface area contributed by atoms with Crippen LogP contribution in [0.25, 0.3) is 10.8 Å². The van der Waals surface area contributed by atoms with Gasteiger partial charge in [-0.3, -0.25) is 9.59 Å². The maximum atomic E-state index is 13.2. The third kappa shape index (κ3) is 5.35. The molecule has 0 fully saturated rings. The van der Waals surface area contributed by atoms with Crippen LogP contribution in [0.2, 0.25) is 0 Å². The Hall–Kier alpha value is -2.34. The lowest BCUT2D eigenvalue weighted by atomic mass is 9.95. The van der Waals surface area contributed by atoms with Crippen molar-refractivity contribution in [3.63, 3.8) is 0 Å². The highest BCUT2D eigenvalue weighted by atomic mass is 16.5. The number of pyridine rings is 1. The number of amides is 1. The van der Waals surface area contributed by atoms with Crippen LogP contribution >= 0.6 is 0 Å². The molecule has 0 saturated heterocycles. The van der Waals surface area contributed by atoms with E-state index in [0.29, 0.717) is 30.7 Å². The van der Waals surface area contributed by atoms with Crippen LogP contribution in [0.1, 0.15) is 58.2 Å². The topological polar surface area (TPSA) is 100 Å². The van der Waals surface area contributed by atoms with Crippen molar-refractivity contribution in [2.75, 3.05) is 6.61 Å². The van der Waals surface area contributed by atoms with E-state index in [9.17, 15) is 9.59 Å². The largest absolute Gasteiger partial charge is 0.491 e. The number of nitrogens with zero attached hydrogens (tertiary/aromatic N) is 1. The molecule has 0 aliphatic rings. The molecule has 154 valence electrons. The molecule has 0 radical (unpaired) electrons. The summed E-state index contributed by atoms with van der Waals surface area (Å²) in [7, 11) is 0. The van der Waals surface area contributed by atoms with Crippen molar-refractivity contribution in [1.29, 1.82) is 0 Å². The predicted molar refractivity (Wildman–Crippen MR) is 113 cm³/mol. The predicted octanol–water partition coefficient (Wildman–Crippen LogP) is 3.10. The Bertz CT molecular complexity index is 895. The van der Waals surface area contributed by atoms with Gasteiger partial charge in [0.05, 0.1) is 17.7 Å². The van der Waals surface area contributed by atoms with E-state index in [4.69, 9.17) is 16.2 Å². The first kappa shape index (κ1) is 22.0. The second kappa shape index (κ2) is 9.24. The molecule has 0 saturated carbocycles. The van der Waals surface area contributed by atoms with E-state index in [0.717, 1.165) is 29.5 Å². The summed E-state index contributed by atoms with van der Waals surface area (Å²) in [5, 5.41) is 1.37. The molecule has 0 unspecified atom stereocenters. The van der Waals surface area contributed by atoms with Gasteiger partial charge in [-0.1, -0.05) is 40.2 Å². The van der Waals surface area contributed by atoms with Crippen molar-refractivity contribution in [3.05, 3.63) is 39.8 Å². The van der Waals surface area contributed by atoms with Crippen LogP contribution in [0.5, 0.6) is 5.75 Å². The molecular weight excluding hydrogens is 354 g/mol. The molecule has 0 aliphatic heterocycles. The summed E-state index contributed by atoms with van der Waals surface area (Å²) < 4.78 is 7.90. The molecule has 28 heavy (non-hydrogen) atoms.